The number of benzene rings is 1. The molecule has 0 aliphatic heterocycles. The van der Waals surface area contributed by atoms with Crippen LogP contribution in [0.2, 0.25) is 0 Å². The van der Waals surface area contributed by atoms with Gasteiger partial charge >= 0.3 is 5.76 Å². The van der Waals surface area contributed by atoms with Crippen LogP contribution in [0.5, 0.6) is 0 Å². The second-order valence-electron chi connectivity index (χ2n) is 3.88. The van der Waals surface area contributed by atoms with Gasteiger partial charge in [-0.05, 0) is 18.1 Å². The number of hydrogen-bond acceptors (Lipinski definition) is 3. The van der Waals surface area contributed by atoms with E-state index in [0.717, 1.165) is 6.07 Å². The second-order valence-corrected chi connectivity index (χ2v) is 5.77. The van der Waals surface area contributed by atoms with Crippen LogP contribution in [0.25, 0.3) is 0 Å². The Kier molecular flexibility index (Phi) is 4.95. The van der Waals surface area contributed by atoms with E-state index in [9.17, 15) is 22.0 Å². The molecular weight excluding hydrogens is 262 g/mol. The van der Waals surface area contributed by atoms with Gasteiger partial charge in [0, 0.05) is 12.8 Å². The zero-order valence-corrected chi connectivity index (χ0v) is 10.7. The molecule has 0 saturated heterocycles. The second kappa shape index (κ2) is 6.04. The van der Waals surface area contributed by atoms with Crippen molar-refractivity contribution in [1.82, 2.24) is 0 Å². The fraction of sp³-hybridized carbons (Fsp3) is 0.417. The molecule has 0 aromatic heterocycles. The van der Waals surface area contributed by atoms with Gasteiger partial charge in [0.15, 0.2) is 0 Å². The smallest absolute Gasteiger partial charge is 0.299 e. The van der Waals surface area contributed by atoms with Crippen LogP contribution in [0, 0.1) is 0 Å². The van der Waals surface area contributed by atoms with Gasteiger partial charge in [-0.15, -0.1) is 0 Å². The van der Waals surface area contributed by atoms with Gasteiger partial charge in [0.2, 0.25) is 9.84 Å². The summed E-state index contributed by atoms with van der Waals surface area (Å²) in [5.41, 5.74) is 0.135. The minimum atomic E-state index is -4.65. The standard InChI is InChI=1S/C12H14F2O3S/c1-2-5-10(15)8-9-6-3-4-7-11(9)18(16,17)12(13)14/h3-4,6-7,12H,2,5,8H2,1H3. The molecule has 1 aromatic rings. The Labute approximate surface area is 105 Å². The fourth-order valence-electron chi connectivity index (χ4n) is 1.60. The highest BCUT2D eigenvalue weighted by Crippen LogP contribution is 2.23. The third kappa shape index (κ3) is 3.35. The van der Waals surface area contributed by atoms with E-state index in [0.29, 0.717) is 12.8 Å². The number of Topliss-reactive ketones (excluding diaryl/α,β-unsaturated/α-hetero) is 1. The van der Waals surface area contributed by atoms with Crippen LogP contribution < -0.4 is 0 Å². The Morgan fingerprint density at radius 1 is 1.28 bits per heavy atom. The first-order chi connectivity index (χ1) is 8.39. The molecule has 0 fully saturated rings. The minimum Gasteiger partial charge on any atom is -0.299 e. The van der Waals surface area contributed by atoms with E-state index in [1.165, 1.54) is 18.2 Å². The van der Waals surface area contributed by atoms with Gasteiger partial charge in [-0.1, -0.05) is 25.1 Å². The van der Waals surface area contributed by atoms with Crippen LogP contribution in [-0.4, -0.2) is 20.0 Å². The van der Waals surface area contributed by atoms with E-state index >= 15 is 0 Å². The number of carbonyl (C=O) groups excluding carboxylic acids is 1. The lowest BCUT2D eigenvalue weighted by Crippen LogP contribution is -2.15. The van der Waals surface area contributed by atoms with Crippen molar-refractivity contribution in [2.75, 3.05) is 0 Å². The van der Waals surface area contributed by atoms with Crippen molar-refractivity contribution in [2.24, 2.45) is 0 Å². The quantitative estimate of drug-likeness (QED) is 0.802. The van der Waals surface area contributed by atoms with Crippen molar-refractivity contribution in [1.29, 1.82) is 0 Å². The Bertz CT molecular complexity index is 524. The third-order valence-electron chi connectivity index (χ3n) is 2.43. The molecule has 1 rings (SSSR count). The molecule has 1 aromatic carbocycles. The number of ketones is 1. The summed E-state index contributed by atoms with van der Waals surface area (Å²) >= 11 is 0. The number of rotatable bonds is 6. The monoisotopic (exact) mass is 276 g/mol. The molecule has 0 aliphatic carbocycles. The van der Waals surface area contributed by atoms with E-state index < -0.39 is 20.5 Å². The summed E-state index contributed by atoms with van der Waals surface area (Å²) in [6, 6.07) is 5.39. The van der Waals surface area contributed by atoms with Gasteiger partial charge in [-0.25, -0.2) is 8.42 Å². The lowest BCUT2D eigenvalue weighted by molar-refractivity contribution is -0.118. The predicted molar refractivity (Wildman–Crippen MR) is 63.3 cm³/mol. The van der Waals surface area contributed by atoms with E-state index in [2.05, 4.69) is 0 Å². The average Bonchev–Trinajstić information content (AvgIpc) is 2.29. The van der Waals surface area contributed by atoms with E-state index in [4.69, 9.17) is 0 Å². The summed E-state index contributed by atoms with van der Waals surface area (Å²) in [5, 5.41) is 0. The van der Waals surface area contributed by atoms with Gasteiger partial charge in [-0.3, -0.25) is 4.79 Å². The molecule has 0 aliphatic rings. The van der Waals surface area contributed by atoms with Crippen molar-refractivity contribution in [3.8, 4) is 0 Å². The molecule has 0 saturated carbocycles. The van der Waals surface area contributed by atoms with Gasteiger partial charge in [0.05, 0.1) is 4.90 Å². The summed E-state index contributed by atoms with van der Waals surface area (Å²) < 4.78 is 47.8. The maximum absolute atomic E-state index is 12.5. The molecule has 6 heteroatoms. The predicted octanol–water partition coefficient (Wildman–Crippen LogP) is 2.59. The molecule has 0 bridgehead atoms. The largest absolute Gasteiger partial charge is 0.341 e. The summed E-state index contributed by atoms with van der Waals surface area (Å²) in [4.78, 5) is 11.0. The molecule has 0 atom stereocenters. The molecule has 3 nitrogen and oxygen atoms in total. The summed E-state index contributed by atoms with van der Waals surface area (Å²) in [6.45, 7) is 1.82. The topological polar surface area (TPSA) is 51.2 Å². The molecule has 18 heavy (non-hydrogen) atoms. The van der Waals surface area contributed by atoms with E-state index in [-0.39, 0.29) is 17.8 Å². The van der Waals surface area contributed by atoms with Crippen molar-refractivity contribution < 1.29 is 22.0 Å². The van der Waals surface area contributed by atoms with Crippen LogP contribution in [0.15, 0.2) is 29.2 Å². The molecular formula is C12H14F2O3S. The maximum atomic E-state index is 12.5. The Morgan fingerprint density at radius 2 is 1.89 bits per heavy atom. The average molecular weight is 276 g/mol. The number of alkyl halides is 2. The first-order valence-electron chi connectivity index (χ1n) is 5.51. The Balaban J connectivity index is 3.12. The SMILES string of the molecule is CCCC(=O)Cc1ccccc1S(=O)(=O)C(F)F. The van der Waals surface area contributed by atoms with Crippen molar-refractivity contribution in [3.05, 3.63) is 29.8 Å². The number of halogens is 2. The van der Waals surface area contributed by atoms with Gasteiger partial charge in [0.25, 0.3) is 0 Å². The highest BCUT2D eigenvalue weighted by molar-refractivity contribution is 7.91. The number of sulfone groups is 1. The number of hydrogen-bond donors (Lipinski definition) is 0. The first kappa shape index (κ1) is 14.8. The van der Waals surface area contributed by atoms with Crippen LogP contribution in [0.3, 0.4) is 0 Å². The first-order valence-corrected chi connectivity index (χ1v) is 7.06. The highest BCUT2D eigenvalue weighted by Gasteiger charge is 2.29. The van der Waals surface area contributed by atoms with Crippen molar-refractivity contribution in [3.63, 3.8) is 0 Å². The molecule has 0 radical (unpaired) electrons. The van der Waals surface area contributed by atoms with E-state index in [1.807, 2.05) is 6.92 Å². The van der Waals surface area contributed by atoms with Crippen LogP contribution >= 0.6 is 0 Å². The van der Waals surface area contributed by atoms with Crippen LogP contribution in [-0.2, 0) is 21.1 Å². The highest BCUT2D eigenvalue weighted by atomic mass is 32.2. The summed E-state index contributed by atoms with van der Waals surface area (Å²) in [5.74, 6) is -3.63. The minimum absolute atomic E-state index is 0.129. The molecule has 0 heterocycles. The molecule has 0 N–H and O–H groups in total. The zero-order valence-electron chi connectivity index (χ0n) is 9.90. The third-order valence-corrected chi connectivity index (χ3v) is 3.91. The van der Waals surface area contributed by atoms with Crippen molar-refractivity contribution in [2.45, 2.75) is 36.8 Å². The molecule has 0 unspecified atom stereocenters. The van der Waals surface area contributed by atoms with Crippen molar-refractivity contribution >= 4 is 15.6 Å². The maximum Gasteiger partial charge on any atom is 0.341 e. The molecule has 0 amide bonds. The number of carbonyl (C=O) groups is 1. The lowest BCUT2D eigenvalue weighted by Gasteiger charge is -2.09. The Hall–Kier alpha value is -1.30. The van der Waals surface area contributed by atoms with Gasteiger partial charge in [-0.2, -0.15) is 8.78 Å². The summed E-state index contributed by atoms with van der Waals surface area (Å²) in [7, 11) is -4.65. The van der Waals surface area contributed by atoms with Crippen LogP contribution in [0.4, 0.5) is 8.78 Å². The van der Waals surface area contributed by atoms with Gasteiger partial charge in [0.1, 0.15) is 5.78 Å². The molecule has 100 valence electrons. The Morgan fingerprint density at radius 3 is 2.44 bits per heavy atom. The lowest BCUT2D eigenvalue weighted by atomic mass is 10.1. The normalized spacial score (nSPS) is 11.8. The molecule has 0 spiro atoms. The zero-order chi connectivity index (χ0) is 13.8. The fourth-order valence-corrected chi connectivity index (χ4v) is 2.57. The summed E-state index contributed by atoms with van der Waals surface area (Å²) in [6.07, 6.45) is 0.821. The van der Waals surface area contributed by atoms with E-state index in [1.54, 1.807) is 0 Å². The van der Waals surface area contributed by atoms with Crippen LogP contribution in [0.1, 0.15) is 25.3 Å². The van der Waals surface area contributed by atoms with Gasteiger partial charge < -0.3 is 0 Å².